The van der Waals surface area contributed by atoms with Crippen molar-refractivity contribution in [2.45, 2.75) is 26.2 Å². The molecular weight excluding hydrogens is 513 g/mol. The number of fused-ring (bicyclic) bond motifs is 1. The number of thiazole rings is 1. The van der Waals surface area contributed by atoms with Crippen LogP contribution in [0.2, 0.25) is 0 Å². The highest BCUT2D eigenvalue weighted by Gasteiger charge is 2.23. The molecule has 8 nitrogen and oxygen atoms in total. The first kappa shape index (κ1) is 27.1. The highest BCUT2D eigenvalue weighted by atomic mass is 32.1. The Morgan fingerprint density at radius 2 is 1.77 bits per heavy atom. The zero-order valence-corrected chi connectivity index (χ0v) is 23.9. The van der Waals surface area contributed by atoms with Crippen LogP contribution in [0.4, 0.5) is 21.0 Å². The number of imidazole rings is 1. The van der Waals surface area contributed by atoms with Crippen molar-refractivity contribution in [2.75, 3.05) is 63.7 Å². The Bertz CT molecular complexity index is 1420. The lowest BCUT2D eigenvalue weighted by atomic mass is 10.2. The number of amides is 1. The minimum atomic E-state index is -0.256. The molecule has 1 amide bonds. The molecule has 1 aliphatic heterocycles. The maximum Gasteiger partial charge on any atom is 0.222 e. The van der Waals surface area contributed by atoms with Gasteiger partial charge in [0.25, 0.3) is 0 Å². The van der Waals surface area contributed by atoms with Crippen LogP contribution in [0, 0.1) is 5.82 Å². The van der Waals surface area contributed by atoms with Crippen LogP contribution in [-0.2, 0) is 11.2 Å². The SMILES string of the molecule is CCc1nc2ccc(N3CCN(C(=O)CCCN(C)C)CC3)cn2c1N(C)c1nc(-c2ccc(F)cc2)cs1. The second kappa shape index (κ2) is 11.7. The van der Waals surface area contributed by atoms with E-state index in [1.54, 1.807) is 23.5 Å². The first-order valence-electron chi connectivity index (χ1n) is 13.5. The number of halogens is 1. The highest BCUT2D eigenvalue weighted by Crippen LogP contribution is 2.34. The first-order chi connectivity index (χ1) is 18.8. The van der Waals surface area contributed by atoms with Crippen LogP contribution >= 0.6 is 11.3 Å². The van der Waals surface area contributed by atoms with E-state index in [4.69, 9.17) is 9.97 Å². The van der Waals surface area contributed by atoms with Gasteiger partial charge in [0.1, 0.15) is 17.3 Å². The van der Waals surface area contributed by atoms with Gasteiger partial charge in [-0.05, 0) is 69.9 Å². The molecule has 0 N–H and O–H groups in total. The fourth-order valence-corrected chi connectivity index (χ4v) is 5.83. The smallest absolute Gasteiger partial charge is 0.222 e. The van der Waals surface area contributed by atoms with Crippen LogP contribution in [0.5, 0.6) is 0 Å². The summed E-state index contributed by atoms with van der Waals surface area (Å²) in [5, 5.41) is 2.85. The number of nitrogens with zero attached hydrogens (tertiary/aromatic N) is 7. The van der Waals surface area contributed by atoms with Gasteiger partial charge in [0.05, 0.1) is 17.1 Å². The van der Waals surface area contributed by atoms with E-state index in [9.17, 15) is 9.18 Å². The fraction of sp³-hybridized carbons (Fsp3) is 0.414. The zero-order valence-electron chi connectivity index (χ0n) is 23.1. The predicted octanol–water partition coefficient (Wildman–Crippen LogP) is 4.92. The van der Waals surface area contributed by atoms with E-state index in [0.29, 0.717) is 6.42 Å². The van der Waals surface area contributed by atoms with Gasteiger partial charge < -0.3 is 19.6 Å². The summed E-state index contributed by atoms with van der Waals surface area (Å²) in [6, 6.07) is 10.6. The number of anilines is 3. The number of aromatic nitrogens is 3. The normalized spacial score (nSPS) is 14.0. The summed E-state index contributed by atoms with van der Waals surface area (Å²) in [6.45, 7) is 6.13. The Morgan fingerprint density at radius 3 is 2.46 bits per heavy atom. The highest BCUT2D eigenvalue weighted by molar-refractivity contribution is 7.14. The van der Waals surface area contributed by atoms with E-state index in [0.717, 1.165) is 84.8 Å². The average Bonchev–Trinajstić information content (AvgIpc) is 3.58. The van der Waals surface area contributed by atoms with Gasteiger partial charge >= 0.3 is 0 Å². The van der Waals surface area contributed by atoms with Gasteiger partial charge in [0.2, 0.25) is 5.91 Å². The van der Waals surface area contributed by atoms with Gasteiger partial charge in [-0.2, -0.15) is 0 Å². The summed E-state index contributed by atoms with van der Waals surface area (Å²) >= 11 is 1.55. The molecule has 0 bridgehead atoms. The molecule has 0 atom stereocenters. The monoisotopic (exact) mass is 549 g/mol. The van der Waals surface area contributed by atoms with Gasteiger partial charge in [0.15, 0.2) is 5.13 Å². The number of carbonyl (C=O) groups is 1. The van der Waals surface area contributed by atoms with Gasteiger partial charge in [-0.3, -0.25) is 9.20 Å². The Labute approximate surface area is 233 Å². The molecular formula is C29H36FN7OS. The molecule has 0 aliphatic carbocycles. The first-order valence-corrected chi connectivity index (χ1v) is 14.4. The lowest BCUT2D eigenvalue weighted by Crippen LogP contribution is -2.48. The van der Waals surface area contributed by atoms with E-state index in [-0.39, 0.29) is 11.7 Å². The Kier molecular flexibility index (Phi) is 8.13. The number of pyridine rings is 1. The molecule has 0 unspecified atom stereocenters. The summed E-state index contributed by atoms with van der Waals surface area (Å²) in [6.07, 6.45) is 4.44. The third-order valence-electron chi connectivity index (χ3n) is 7.21. The molecule has 206 valence electrons. The van der Waals surface area contributed by atoms with Crippen molar-refractivity contribution in [3.63, 3.8) is 0 Å². The maximum absolute atomic E-state index is 13.4. The van der Waals surface area contributed by atoms with Crippen LogP contribution in [0.25, 0.3) is 16.9 Å². The summed E-state index contributed by atoms with van der Waals surface area (Å²) < 4.78 is 15.5. The van der Waals surface area contributed by atoms with Crippen LogP contribution in [0.3, 0.4) is 0 Å². The van der Waals surface area contributed by atoms with Crippen molar-refractivity contribution in [1.82, 2.24) is 24.2 Å². The quantitative estimate of drug-likeness (QED) is 0.296. The fourth-order valence-electron chi connectivity index (χ4n) is 5.03. The van der Waals surface area contributed by atoms with Crippen molar-refractivity contribution < 1.29 is 9.18 Å². The van der Waals surface area contributed by atoms with E-state index < -0.39 is 0 Å². The summed E-state index contributed by atoms with van der Waals surface area (Å²) in [5.41, 5.74) is 4.72. The van der Waals surface area contributed by atoms with Crippen LogP contribution < -0.4 is 9.80 Å². The number of rotatable bonds is 9. The van der Waals surface area contributed by atoms with Gasteiger partial charge in [-0.25, -0.2) is 14.4 Å². The molecule has 39 heavy (non-hydrogen) atoms. The number of aryl methyl sites for hydroxylation is 1. The van der Waals surface area contributed by atoms with Crippen LogP contribution in [0.1, 0.15) is 25.5 Å². The molecule has 3 aromatic heterocycles. The molecule has 1 fully saturated rings. The molecule has 10 heteroatoms. The minimum Gasteiger partial charge on any atom is -0.367 e. The van der Waals surface area contributed by atoms with Crippen molar-refractivity contribution in [3.8, 4) is 11.3 Å². The lowest BCUT2D eigenvalue weighted by Gasteiger charge is -2.36. The number of hydrogen-bond acceptors (Lipinski definition) is 7. The number of piperazine rings is 1. The molecule has 0 radical (unpaired) electrons. The van der Waals surface area contributed by atoms with E-state index in [2.05, 4.69) is 44.4 Å². The Balaban J connectivity index is 1.34. The minimum absolute atomic E-state index is 0.251. The summed E-state index contributed by atoms with van der Waals surface area (Å²) in [4.78, 5) is 30.9. The lowest BCUT2D eigenvalue weighted by molar-refractivity contribution is -0.131. The van der Waals surface area contributed by atoms with Gasteiger partial charge in [-0.15, -0.1) is 11.3 Å². The van der Waals surface area contributed by atoms with Gasteiger partial charge in [-0.1, -0.05) is 6.92 Å². The molecule has 1 saturated heterocycles. The second-order valence-corrected chi connectivity index (χ2v) is 11.0. The van der Waals surface area contributed by atoms with Crippen LogP contribution in [0.15, 0.2) is 48.0 Å². The number of benzene rings is 1. The standard InChI is InChI=1S/C29H36FN7OS/c1-5-24-28(34(4)29-32-25(20-39-29)21-8-10-22(30)11-9-21)37-19-23(12-13-26(37)31-24)35-15-17-36(18-16-35)27(38)7-6-14-33(2)3/h8-13,19-20H,5-7,14-18H2,1-4H3. The predicted molar refractivity (Wildman–Crippen MR) is 157 cm³/mol. The van der Waals surface area contributed by atoms with Crippen LogP contribution in [-0.4, -0.2) is 83.9 Å². The number of hydrogen-bond donors (Lipinski definition) is 0. The molecule has 0 saturated carbocycles. The third kappa shape index (κ3) is 5.91. The number of carbonyl (C=O) groups excluding carboxylic acids is 1. The summed E-state index contributed by atoms with van der Waals surface area (Å²) in [5.74, 6) is 0.985. The topological polar surface area (TPSA) is 60.2 Å². The zero-order chi connectivity index (χ0) is 27.5. The molecule has 1 aromatic carbocycles. The third-order valence-corrected chi connectivity index (χ3v) is 8.13. The van der Waals surface area contributed by atoms with Gasteiger partial charge in [0, 0.05) is 56.8 Å². The molecule has 5 rings (SSSR count). The second-order valence-electron chi connectivity index (χ2n) is 10.2. The van der Waals surface area contributed by atoms with E-state index in [1.807, 2.05) is 31.4 Å². The van der Waals surface area contributed by atoms with Crippen molar-refractivity contribution in [2.24, 2.45) is 0 Å². The molecule has 4 aromatic rings. The maximum atomic E-state index is 13.4. The average molecular weight is 550 g/mol. The molecule has 4 heterocycles. The Morgan fingerprint density at radius 1 is 1.03 bits per heavy atom. The van der Waals surface area contributed by atoms with Crippen molar-refractivity contribution >= 4 is 39.5 Å². The van der Waals surface area contributed by atoms with E-state index in [1.165, 1.54) is 12.1 Å². The van der Waals surface area contributed by atoms with E-state index >= 15 is 0 Å². The van der Waals surface area contributed by atoms with Crippen molar-refractivity contribution in [3.05, 3.63) is 59.5 Å². The summed E-state index contributed by atoms with van der Waals surface area (Å²) in [7, 11) is 6.09. The van der Waals surface area contributed by atoms with Crippen molar-refractivity contribution in [1.29, 1.82) is 0 Å². The largest absolute Gasteiger partial charge is 0.367 e. The molecule has 0 spiro atoms. The molecule has 1 aliphatic rings. The Hall–Kier alpha value is -3.50.